The van der Waals surface area contributed by atoms with E-state index >= 15 is 0 Å². The highest BCUT2D eigenvalue weighted by atomic mass is 32.2. The molecule has 0 bridgehead atoms. The van der Waals surface area contributed by atoms with Crippen LogP contribution in [-0.4, -0.2) is 42.9 Å². The van der Waals surface area contributed by atoms with E-state index in [0.717, 1.165) is 11.1 Å². The fourth-order valence-corrected chi connectivity index (χ4v) is 3.54. The van der Waals surface area contributed by atoms with Gasteiger partial charge in [0, 0.05) is 24.1 Å². The first-order valence-corrected chi connectivity index (χ1v) is 10.7. The molecule has 3 rings (SSSR count). The summed E-state index contributed by atoms with van der Waals surface area (Å²) in [6.07, 6.45) is 1.48. The summed E-state index contributed by atoms with van der Waals surface area (Å²) in [5.41, 5.74) is 2.92. The number of thioether (sulfide) groups is 1. The fraction of sp³-hybridized carbons (Fsp3) is 0.261. The normalized spacial score (nSPS) is 10.6. The molecule has 0 radical (unpaired) electrons. The quantitative estimate of drug-likeness (QED) is 0.291. The van der Waals surface area contributed by atoms with Crippen LogP contribution in [0.15, 0.2) is 64.1 Å². The number of hydrogen-bond donors (Lipinski definition) is 1. The summed E-state index contributed by atoms with van der Waals surface area (Å²) in [6, 6.07) is 14.8. The van der Waals surface area contributed by atoms with E-state index in [4.69, 9.17) is 13.9 Å². The van der Waals surface area contributed by atoms with Crippen LogP contribution >= 0.6 is 11.8 Å². The molecule has 31 heavy (non-hydrogen) atoms. The van der Waals surface area contributed by atoms with E-state index < -0.39 is 5.97 Å². The predicted molar refractivity (Wildman–Crippen MR) is 118 cm³/mol. The molecule has 2 aromatic carbocycles. The number of carbonyl (C=O) groups excluding carboxylic acids is 2. The van der Waals surface area contributed by atoms with Crippen molar-refractivity contribution in [3.63, 3.8) is 0 Å². The van der Waals surface area contributed by atoms with Crippen LogP contribution < -0.4 is 5.32 Å². The molecule has 1 N–H and O–H groups in total. The fourth-order valence-electron chi connectivity index (χ4n) is 2.67. The highest BCUT2D eigenvalue weighted by molar-refractivity contribution is 8.00. The first-order chi connectivity index (χ1) is 15.1. The molecule has 0 atom stereocenters. The maximum atomic E-state index is 12.6. The largest absolute Gasteiger partial charge is 0.455 e. The van der Waals surface area contributed by atoms with Gasteiger partial charge in [0.15, 0.2) is 0 Å². The van der Waals surface area contributed by atoms with Crippen LogP contribution in [-0.2, 0) is 20.9 Å². The number of nitrogens with one attached hydrogen (secondary N) is 1. The van der Waals surface area contributed by atoms with Crippen molar-refractivity contribution in [3.8, 4) is 11.5 Å². The molecule has 0 spiro atoms. The monoisotopic (exact) mass is 440 g/mol. The predicted octanol–water partition coefficient (Wildman–Crippen LogP) is 3.86. The van der Waals surface area contributed by atoms with Gasteiger partial charge in [-0.05, 0) is 31.2 Å². The van der Waals surface area contributed by atoms with Crippen molar-refractivity contribution in [2.24, 2.45) is 0 Å². The molecular formula is C23H24N2O5S. The Morgan fingerprint density at radius 3 is 2.68 bits per heavy atom. The van der Waals surface area contributed by atoms with Gasteiger partial charge in [-0.3, -0.25) is 4.79 Å². The molecule has 0 fully saturated rings. The van der Waals surface area contributed by atoms with E-state index in [1.807, 2.05) is 37.3 Å². The molecule has 0 aliphatic carbocycles. The SMILES string of the molecule is COCCNC(=O)CSc1ccccc1C(=O)OCc1coc(-c2ccc(C)cc2)n1. The number of rotatable bonds is 10. The van der Waals surface area contributed by atoms with Crippen molar-refractivity contribution < 1.29 is 23.5 Å². The second kappa shape index (κ2) is 11.3. The molecular weight excluding hydrogens is 416 g/mol. The van der Waals surface area contributed by atoms with Gasteiger partial charge in [0.1, 0.15) is 18.6 Å². The Bertz CT molecular complexity index is 1020. The van der Waals surface area contributed by atoms with Crippen LogP contribution in [0.2, 0.25) is 0 Å². The number of ether oxygens (including phenoxy) is 2. The molecule has 0 aliphatic rings. The number of benzene rings is 2. The van der Waals surface area contributed by atoms with Gasteiger partial charge in [-0.15, -0.1) is 11.8 Å². The highest BCUT2D eigenvalue weighted by Gasteiger charge is 2.15. The number of esters is 1. The number of carbonyl (C=O) groups is 2. The van der Waals surface area contributed by atoms with Gasteiger partial charge in [-0.25, -0.2) is 9.78 Å². The molecule has 0 saturated carbocycles. The molecule has 1 amide bonds. The molecule has 0 aliphatic heterocycles. The number of aryl methyl sites for hydroxylation is 1. The van der Waals surface area contributed by atoms with E-state index in [9.17, 15) is 9.59 Å². The Hall–Kier alpha value is -3.10. The average Bonchev–Trinajstić information content (AvgIpc) is 3.26. The van der Waals surface area contributed by atoms with Crippen LogP contribution in [0.4, 0.5) is 0 Å². The Kier molecular flexibility index (Phi) is 8.26. The summed E-state index contributed by atoms with van der Waals surface area (Å²) in [5, 5.41) is 2.75. The minimum absolute atomic E-state index is 0.00923. The van der Waals surface area contributed by atoms with Crippen molar-refractivity contribution in [3.05, 3.63) is 71.6 Å². The standard InChI is InChI=1S/C23H24N2O5S/c1-16-7-9-17(10-8-16)22-25-18(13-29-22)14-30-23(27)19-5-3-4-6-20(19)31-15-21(26)24-11-12-28-2/h3-10,13H,11-12,14-15H2,1-2H3,(H,24,26). The molecule has 1 aromatic heterocycles. The third kappa shape index (κ3) is 6.70. The van der Waals surface area contributed by atoms with E-state index in [1.54, 1.807) is 25.3 Å². The second-order valence-corrected chi connectivity index (χ2v) is 7.73. The molecule has 0 unspecified atom stereocenters. The number of aromatic nitrogens is 1. The first kappa shape index (κ1) is 22.6. The van der Waals surface area contributed by atoms with Gasteiger partial charge in [-0.1, -0.05) is 29.8 Å². The third-order valence-corrected chi connectivity index (χ3v) is 5.37. The summed E-state index contributed by atoms with van der Waals surface area (Å²) >= 11 is 1.28. The van der Waals surface area contributed by atoms with E-state index in [1.165, 1.54) is 18.0 Å². The van der Waals surface area contributed by atoms with Crippen molar-refractivity contribution >= 4 is 23.6 Å². The number of oxazole rings is 1. The lowest BCUT2D eigenvalue weighted by Gasteiger charge is -2.09. The summed E-state index contributed by atoms with van der Waals surface area (Å²) in [5.74, 6) is 0.0534. The number of methoxy groups -OCH3 is 1. The Morgan fingerprint density at radius 2 is 1.90 bits per heavy atom. The smallest absolute Gasteiger partial charge is 0.339 e. The summed E-state index contributed by atoms with van der Waals surface area (Å²) in [7, 11) is 1.57. The van der Waals surface area contributed by atoms with Gasteiger partial charge in [-0.2, -0.15) is 0 Å². The zero-order chi connectivity index (χ0) is 22.1. The summed E-state index contributed by atoms with van der Waals surface area (Å²) in [4.78, 5) is 29.6. The number of hydrogen-bond acceptors (Lipinski definition) is 7. The van der Waals surface area contributed by atoms with Crippen LogP contribution in [0.25, 0.3) is 11.5 Å². The molecule has 162 valence electrons. The number of nitrogens with zero attached hydrogens (tertiary/aromatic N) is 1. The lowest BCUT2D eigenvalue weighted by atomic mass is 10.1. The molecule has 3 aromatic rings. The molecule has 7 nitrogen and oxygen atoms in total. The van der Waals surface area contributed by atoms with Gasteiger partial charge < -0.3 is 19.2 Å². The maximum absolute atomic E-state index is 12.6. The molecule has 0 saturated heterocycles. The van der Waals surface area contributed by atoms with Crippen molar-refractivity contribution in [2.45, 2.75) is 18.4 Å². The average molecular weight is 441 g/mol. The van der Waals surface area contributed by atoms with E-state index in [0.29, 0.717) is 35.2 Å². The van der Waals surface area contributed by atoms with Gasteiger partial charge in [0.05, 0.1) is 17.9 Å². The van der Waals surface area contributed by atoms with Crippen molar-refractivity contribution in [2.75, 3.05) is 26.0 Å². The molecule has 8 heteroatoms. The van der Waals surface area contributed by atoms with E-state index in [-0.39, 0.29) is 18.3 Å². The second-order valence-electron chi connectivity index (χ2n) is 6.71. The Labute approximate surface area is 185 Å². The Morgan fingerprint density at radius 1 is 1.13 bits per heavy atom. The van der Waals surface area contributed by atoms with Crippen molar-refractivity contribution in [1.82, 2.24) is 10.3 Å². The minimum atomic E-state index is -0.484. The lowest BCUT2D eigenvalue weighted by Crippen LogP contribution is -2.28. The highest BCUT2D eigenvalue weighted by Crippen LogP contribution is 2.24. The van der Waals surface area contributed by atoms with Gasteiger partial charge >= 0.3 is 5.97 Å². The molecule has 1 heterocycles. The van der Waals surface area contributed by atoms with Gasteiger partial charge in [0.2, 0.25) is 11.8 Å². The van der Waals surface area contributed by atoms with Gasteiger partial charge in [0.25, 0.3) is 0 Å². The van der Waals surface area contributed by atoms with Crippen LogP contribution in [0.5, 0.6) is 0 Å². The lowest BCUT2D eigenvalue weighted by molar-refractivity contribution is -0.118. The minimum Gasteiger partial charge on any atom is -0.455 e. The first-order valence-electron chi connectivity index (χ1n) is 9.73. The van der Waals surface area contributed by atoms with Crippen LogP contribution in [0.1, 0.15) is 21.6 Å². The van der Waals surface area contributed by atoms with Crippen LogP contribution in [0.3, 0.4) is 0 Å². The maximum Gasteiger partial charge on any atom is 0.339 e. The van der Waals surface area contributed by atoms with E-state index in [2.05, 4.69) is 10.3 Å². The number of amides is 1. The summed E-state index contributed by atoms with van der Waals surface area (Å²) in [6.45, 7) is 2.90. The Balaban J connectivity index is 1.56. The summed E-state index contributed by atoms with van der Waals surface area (Å²) < 4.78 is 15.8. The third-order valence-electron chi connectivity index (χ3n) is 4.30. The zero-order valence-corrected chi connectivity index (χ0v) is 18.2. The van der Waals surface area contributed by atoms with Crippen molar-refractivity contribution in [1.29, 1.82) is 0 Å². The zero-order valence-electron chi connectivity index (χ0n) is 17.4. The van der Waals surface area contributed by atoms with Crippen LogP contribution in [0, 0.1) is 6.92 Å². The topological polar surface area (TPSA) is 90.7 Å².